The summed E-state index contributed by atoms with van der Waals surface area (Å²) < 4.78 is 0. The van der Waals surface area contributed by atoms with Crippen molar-refractivity contribution in [2.24, 2.45) is 0 Å². The Kier molecular flexibility index (Phi) is 2.92. The maximum Gasteiger partial charge on any atom is 0.198 e. The van der Waals surface area contributed by atoms with Crippen molar-refractivity contribution in [1.82, 2.24) is 0 Å². The van der Waals surface area contributed by atoms with E-state index in [2.05, 4.69) is 0 Å². The van der Waals surface area contributed by atoms with Crippen LogP contribution in [0, 0.1) is 0 Å². The Hall–Kier alpha value is -1.41. The topological polar surface area (TPSA) is 37.3 Å². The van der Waals surface area contributed by atoms with Gasteiger partial charge in [-0.1, -0.05) is 35.9 Å². The molecule has 0 fully saturated rings. The van der Waals surface area contributed by atoms with Crippen LogP contribution in [0.4, 0.5) is 0 Å². The lowest BCUT2D eigenvalue weighted by atomic mass is 9.82. The van der Waals surface area contributed by atoms with Gasteiger partial charge in [0, 0.05) is 5.56 Å². The number of carbonyl (C=O) groups excluding carboxylic acids is 1. The smallest absolute Gasteiger partial charge is 0.198 e. The zero-order chi connectivity index (χ0) is 11.6. The number of carbonyl (C=O) groups is 1. The van der Waals surface area contributed by atoms with E-state index in [4.69, 9.17) is 0 Å². The van der Waals surface area contributed by atoms with E-state index >= 15 is 0 Å². The normalized spacial score (nSPS) is 25.0. The van der Waals surface area contributed by atoms with Gasteiger partial charge >= 0.3 is 0 Å². The molecule has 84 valence electrons. The first kappa shape index (κ1) is 11.1. The van der Waals surface area contributed by atoms with Gasteiger partial charge in [0.05, 0.1) is 0 Å². The van der Waals surface area contributed by atoms with Gasteiger partial charge in [0.2, 0.25) is 0 Å². The number of Topliss-reactive ketones (excluding diaryl/α,β-unsaturated/α-hetero) is 1. The molecule has 0 aliphatic heterocycles. The maximum atomic E-state index is 12.2. The van der Waals surface area contributed by atoms with Crippen LogP contribution in [0.5, 0.6) is 0 Å². The number of aliphatic hydroxyl groups is 1. The Balaban J connectivity index is 2.31. The Morgan fingerprint density at radius 2 is 2.00 bits per heavy atom. The van der Waals surface area contributed by atoms with E-state index in [0.717, 1.165) is 18.4 Å². The Morgan fingerprint density at radius 1 is 1.31 bits per heavy atom. The molecule has 0 spiro atoms. The molecule has 0 radical (unpaired) electrons. The van der Waals surface area contributed by atoms with Gasteiger partial charge in [-0.3, -0.25) is 4.79 Å². The van der Waals surface area contributed by atoms with E-state index in [1.54, 1.807) is 18.2 Å². The SMILES string of the molecule is CC1=CC(O)(C(=O)c2ccccc2)CCC1. The van der Waals surface area contributed by atoms with Crippen LogP contribution in [0.3, 0.4) is 0 Å². The fourth-order valence-corrected chi connectivity index (χ4v) is 2.21. The molecule has 0 saturated carbocycles. The molecular weight excluding hydrogens is 200 g/mol. The van der Waals surface area contributed by atoms with Gasteiger partial charge in [-0.2, -0.15) is 0 Å². The first-order valence-corrected chi connectivity index (χ1v) is 5.62. The van der Waals surface area contributed by atoms with Crippen LogP contribution in [0.1, 0.15) is 36.5 Å². The number of hydrogen-bond donors (Lipinski definition) is 1. The van der Waals surface area contributed by atoms with Gasteiger partial charge in [0.1, 0.15) is 5.60 Å². The van der Waals surface area contributed by atoms with Gasteiger partial charge < -0.3 is 5.11 Å². The predicted molar refractivity (Wildman–Crippen MR) is 63.3 cm³/mol. The number of hydrogen-bond acceptors (Lipinski definition) is 2. The second-order valence-electron chi connectivity index (χ2n) is 4.46. The summed E-state index contributed by atoms with van der Waals surface area (Å²) in [6.45, 7) is 1.96. The Bertz CT molecular complexity index is 420. The summed E-state index contributed by atoms with van der Waals surface area (Å²) in [5.74, 6) is -0.188. The highest BCUT2D eigenvalue weighted by Gasteiger charge is 2.35. The summed E-state index contributed by atoms with van der Waals surface area (Å²) in [7, 11) is 0. The van der Waals surface area contributed by atoms with Crippen LogP contribution < -0.4 is 0 Å². The Morgan fingerprint density at radius 3 is 2.62 bits per heavy atom. The lowest BCUT2D eigenvalue weighted by molar-refractivity contribution is 0.0465. The first-order valence-electron chi connectivity index (χ1n) is 5.62. The molecule has 1 unspecified atom stereocenters. The van der Waals surface area contributed by atoms with Gasteiger partial charge in [0.25, 0.3) is 0 Å². The van der Waals surface area contributed by atoms with E-state index in [-0.39, 0.29) is 5.78 Å². The minimum absolute atomic E-state index is 0.188. The molecule has 2 rings (SSSR count). The monoisotopic (exact) mass is 216 g/mol. The average molecular weight is 216 g/mol. The van der Waals surface area contributed by atoms with E-state index < -0.39 is 5.60 Å². The number of allylic oxidation sites excluding steroid dienone is 1. The molecule has 1 aliphatic carbocycles. The van der Waals surface area contributed by atoms with Crippen molar-refractivity contribution in [2.75, 3.05) is 0 Å². The molecule has 1 atom stereocenters. The van der Waals surface area contributed by atoms with Crippen molar-refractivity contribution in [1.29, 1.82) is 0 Å². The minimum atomic E-state index is -1.29. The lowest BCUT2D eigenvalue weighted by Crippen LogP contribution is -2.38. The third-order valence-corrected chi connectivity index (χ3v) is 3.04. The molecule has 0 heterocycles. The van der Waals surface area contributed by atoms with Crippen LogP contribution in [-0.4, -0.2) is 16.5 Å². The van der Waals surface area contributed by atoms with E-state index in [1.807, 2.05) is 25.1 Å². The summed E-state index contributed by atoms with van der Waals surface area (Å²) in [5, 5.41) is 10.3. The van der Waals surface area contributed by atoms with Gasteiger partial charge in [0.15, 0.2) is 5.78 Å². The molecular formula is C14H16O2. The Labute approximate surface area is 95.6 Å². The fraction of sp³-hybridized carbons (Fsp3) is 0.357. The standard InChI is InChI=1S/C14H16O2/c1-11-6-5-9-14(16,10-11)13(15)12-7-3-2-4-8-12/h2-4,7-8,10,16H,5-6,9H2,1H3. The summed E-state index contributed by atoms with van der Waals surface area (Å²) in [6.07, 6.45) is 4.09. The third-order valence-electron chi connectivity index (χ3n) is 3.04. The van der Waals surface area contributed by atoms with Crippen molar-refractivity contribution in [3.05, 3.63) is 47.5 Å². The van der Waals surface area contributed by atoms with Crippen LogP contribution in [0.2, 0.25) is 0 Å². The first-order chi connectivity index (χ1) is 7.62. The van der Waals surface area contributed by atoms with Gasteiger partial charge in [-0.25, -0.2) is 0 Å². The van der Waals surface area contributed by atoms with Crippen LogP contribution in [0.15, 0.2) is 42.0 Å². The van der Waals surface area contributed by atoms with Crippen molar-refractivity contribution >= 4 is 5.78 Å². The fourth-order valence-electron chi connectivity index (χ4n) is 2.21. The van der Waals surface area contributed by atoms with E-state index in [1.165, 1.54) is 0 Å². The van der Waals surface area contributed by atoms with E-state index in [0.29, 0.717) is 12.0 Å². The highest BCUT2D eigenvalue weighted by molar-refractivity contribution is 6.03. The second-order valence-corrected chi connectivity index (χ2v) is 4.46. The molecule has 2 heteroatoms. The molecule has 0 aromatic heterocycles. The van der Waals surface area contributed by atoms with Gasteiger partial charge in [-0.05, 0) is 32.3 Å². The van der Waals surface area contributed by atoms with E-state index in [9.17, 15) is 9.90 Å². The molecule has 1 N–H and O–H groups in total. The summed E-state index contributed by atoms with van der Waals surface area (Å²) in [5.41, 5.74) is 0.387. The van der Waals surface area contributed by atoms with Crippen molar-refractivity contribution in [3.63, 3.8) is 0 Å². The predicted octanol–water partition coefficient (Wildman–Crippen LogP) is 2.73. The second kappa shape index (κ2) is 4.22. The summed E-state index contributed by atoms with van der Waals surface area (Å²) >= 11 is 0. The summed E-state index contributed by atoms with van der Waals surface area (Å²) in [6, 6.07) is 8.99. The quantitative estimate of drug-likeness (QED) is 0.609. The van der Waals surface area contributed by atoms with Crippen LogP contribution in [0.25, 0.3) is 0 Å². The molecule has 0 saturated heterocycles. The molecule has 1 aliphatic rings. The van der Waals surface area contributed by atoms with Crippen molar-refractivity contribution in [2.45, 2.75) is 31.8 Å². The van der Waals surface area contributed by atoms with Crippen LogP contribution in [-0.2, 0) is 0 Å². The molecule has 1 aromatic rings. The largest absolute Gasteiger partial charge is 0.378 e. The number of rotatable bonds is 2. The zero-order valence-electron chi connectivity index (χ0n) is 9.44. The molecule has 1 aromatic carbocycles. The molecule has 2 nitrogen and oxygen atoms in total. The number of benzene rings is 1. The highest BCUT2D eigenvalue weighted by Crippen LogP contribution is 2.29. The molecule has 16 heavy (non-hydrogen) atoms. The number of ketones is 1. The lowest BCUT2D eigenvalue weighted by Gasteiger charge is -2.28. The molecule has 0 amide bonds. The van der Waals surface area contributed by atoms with Crippen molar-refractivity contribution < 1.29 is 9.90 Å². The highest BCUT2D eigenvalue weighted by atomic mass is 16.3. The maximum absolute atomic E-state index is 12.2. The van der Waals surface area contributed by atoms with Gasteiger partial charge in [-0.15, -0.1) is 0 Å². The summed E-state index contributed by atoms with van der Waals surface area (Å²) in [4.78, 5) is 12.2. The average Bonchev–Trinajstić information content (AvgIpc) is 2.29. The molecule has 0 bridgehead atoms. The van der Waals surface area contributed by atoms with Crippen LogP contribution >= 0.6 is 0 Å². The minimum Gasteiger partial charge on any atom is -0.378 e. The zero-order valence-corrected chi connectivity index (χ0v) is 9.44. The third kappa shape index (κ3) is 2.07. The van der Waals surface area contributed by atoms with Crippen molar-refractivity contribution in [3.8, 4) is 0 Å².